The van der Waals surface area contributed by atoms with E-state index < -0.39 is 21.8 Å². The molecule has 2 amide bonds. The molecule has 178 valence electrons. The Hall–Kier alpha value is -3.37. The first-order valence-electron chi connectivity index (χ1n) is 10.8. The number of aryl methyl sites for hydroxylation is 1. The van der Waals surface area contributed by atoms with Crippen molar-refractivity contribution >= 4 is 44.5 Å². The summed E-state index contributed by atoms with van der Waals surface area (Å²) in [5.74, 6) is -0.864. The van der Waals surface area contributed by atoms with Crippen molar-refractivity contribution in [2.24, 2.45) is 0 Å². The molecule has 0 unspecified atom stereocenters. The molecule has 0 aliphatic carbocycles. The van der Waals surface area contributed by atoms with Crippen LogP contribution in [0.3, 0.4) is 0 Å². The van der Waals surface area contributed by atoms with Gasteiger partial charge in [0.1, 0.15) is 9.96 Å². The van der Waals surface area contributed by atoms with E-state index >= 15 is 0 Å². The zero-order chi connectivity index (χ0) is 24.1. The Morgan fingerprint density at radius 2 is 1.91 bits per heavy atom. The van der Waals surface area contributed by atoms with E-state index in [-0.39, 0.29) is 10.8 Å². The zero-order valence-electron chi connectivity index (χ0n) is 18.6. The number of rotatable bonds is 7. The molecule has 8 nitrogen and oxygen atoms in total. The second-order valence-corrected chi connectivity index (χ2v) is 10.8. The van der Waals surface area contributed by atoms with Crippen LogP contribution in [0.1, 0.15) is 17.5 Å². The Kier molecular flexibility index (Phi) is 7.18. The third kappa shape index (κ3) is 5.07. The van der Waals surface area contributed by atoms with Crippen molar-refractivity contribution in [3.63, 3.8) is 0 Å². The summed E-state index contributed by atoms with van der Waals surface area (Å²) < 4.78 is 33.2. The average molecular weight is 500 g/mol. The molecule has 0 saturated carbocycles. The minimum atomic E-state index is -3.69. The smallest absolute Gasteiger partial charge is 0.313 e. The number of ether oxygens (including phenoxy) is 1. The minimum absolute atomic E-state index is 0.268. The summed E-state index contributed by atoms with van der Waals surface area (Å²) in [4.78, 5) is 24.7. The van der Waals surface area contributed by atoms with Gasteiger partial charge in [-0.05, 0) is 60.0 Å². The number of nitrogens with one attached hydrogen (secondary N) is 2. The van der Waals surface area contributed by atoms with E-state index in [1.54, 1.807) is 42.8 Å². The molecule has 1 aliphatic rings. The predicted octanol–water partition coefficient (Wildman–Crippen LogP) is 3.20. The van der Waals surface area contributed by atoms with Crippen molar-refractivity contribution < 1.29 is 22.7 Å². The molecule has 4 rings (SSSR count). The number of amides is 2. The van der Waals surface area contributed by atoms with Gasteiger partial charge >= 0.3 is 11.8 Å². The highest BCUT2D eigenvalue weighted by molar-refractivity contribution is 7.94. The number of hydrogen-bond donors (Lipinski definition) is 2. The molecule has 10 heteroatoms. The largest absolute Gasteiger partial charge is 0.496 e. The lowest BCUT2D eigenvalue weighted by molar-refractivity contribution is -0.136. The van der Waals surface area contributed by atoms with Crippen LogP contribution in [-0.2, 0) is 32.5 Å². The van der Waals surface area contributed by atoms with E-state index in [0.29, 0.717) is 30.8 Å². The summed E-state index contributed by atoms with van der Waals surface area (Å²) in [7, 11) is -2.11. The Morgan fingerprint density at radius 1 is 1.09 bits per heavy atom. The van der Waals surface area contributed by atoms with E-state index in [1.807, 2.05) is 24.3 Å². The van der Waals surface area contributed by atoms with Gasteiger partial charge < -0.3 is 15.4 Å². The van der Waals surface area contributed by atoms with Crippen molar-refractivity contribution in [3.8, 4) is 5.75 Å². The van der Waals surface area contributed by atoms with E-state index in [9.17, 15) is 18.0 Å². The molecule has 2 aromatic carbocycles. The Balaban J connectivity index is 1.42. The number of benzene rings is 2. The van der Waals surface area contributed by atoms with E-state index in [2.05, 4.69) is 10.6 Å². The summed E-state index contributed by atoms with van der Waals surface area (Å²) in [5.41, 5.74) is 2.68. The molecule has 2 N–H and O–H groups in total. The van der Waals surface area contributed by atoms with Crippen molar-refractivity contribution in [1.29, 1.82) is 0 Å². The summed E-state index contributed by atoms with van der Waals surface area (Å²) >= 11 is 1.16. The third-order valence-electron chi connectivity index (χ3n) is 5.54. The lowest BCUT2D eigenvalue weighted by Gasteiger charge is -2.30. The number of sulfonamides is 1. The topological polar surface area (TPSA) is 105 Å². The van der Waals surface area contributed by atoms with E-state index in [0.717, 1.165) is 34.6 Å². The molecule has 0 bridgehead atoms. The number of methoxy groups -OCH3 is 1. The van der Waals surface area contributed by atoms with Crippen LogP contribution in [0.25, 0.3) is 0 Å². The molecule has 2 heterocycles. The van der Waals surface area contributed by atoms with Gasteiger partial charge in [0.15, 0.2) is 0 Å². The molecule has 3 aromatic rings. The van der Waals surface area contributed by atoms with Gasteiger partial charge in [-0.15, -0.1) is 11.3 Å². The Labute approximate surface area is 202 Å². The van der Waals surface area contributed by atoms with Crippen LogP contribution in [0, 0.1) is 0 Å². The van der Waals surface area contributed by atoms with Crippen LogP contribution < -0.4 is 19.7 Å². The van der Waals surface area contributed by atoms with Gasteiger partial charge in [-0.1, -0.05) is 30.3 Å². The Bertz CT molecular complexity index is 1290. The van der Waals surface area contributed by atoms with Crippen LogP contribution >= 0.6 is 11.3 Å². The van der Waals surface area contributed by atoms with Gasteiger partial charge in [0.2, 0.25) is 0 Å². The molecule has 34 heavy (non-hydrogen) atoms. The lowest BCUT2D eigenvalue weighted by Crippen LogP contribution is -2.37. The normalized spacial score (nSPS) is 13.1. The summed E-state index contributed by atoms with van der Waals surface area (Å²) in [6.45, 7) is 0.623. The van der Waals surface area contributed by atoms with E-state index in [4.69, 9.17) is 4.74 Å². The van der Waals surface area contributed by atoms with Crippen molar-refractivity contribution in [1.82, 2.24) is 5.32 Å². The molecule has 0 atom stereocenters. The van der Waals surface area contributed by atoms with Crippen molar-refractivity contribution in [2.45, 2.75) is 23.5 Å². The highest BCUT2D eigenvalue weighted by atomic mass is 32.2. The highest BCUT2D eigenvalue weighted by Gasteiger charge is 2.30. The summed E-state index contributed by atoms with van der Waals surface area (Å²) in [6, 6.07) is 15.8. The van der Waals surface area contributed by atoms with Crippen LogP contribution in [0.15, 0.2) is 64.2 Å². The second-order valence-electron chi connectivity index (χ2n) is 7.73. The molecule has 0 radical (unpaired) electrons. The fourth-order valence-electron chi connectivity index (χ4n) is 3.88. The molecular formula is C24H25N3O5S2. The fraction of sp³-hybridized carbons (Fsp3) is 0.250. The summed E-state index contributed by atoms with van der Waals surface area (Å²) in [6.07, 6.45) is 1.96. The van der Waals surface area contributed by atoms with Gasteiger partial charge in [-0.3, -0.25) is 13.9 Å². The number of thiophene rings is 1. The highest BCUT2D eigenvalue weighted by Crippen LogP contribution is 2.35. The number of carbonyl (C=O) groups excluding carboxylic acids is 2. The average Bonchev–Trinajstić information content (AvgIpc) is 3.40. The second kappa shape index (κ2) is 10.3. The number of anilines is 2. The summed E-state index contributed by atoms with van der Waals surface area (Å²) in [5, 5.41) is 6.90. The maximum atomic E-state index is 13.1. The monoisotopic (exact) mass is 499 g/mol. The Morgan fingerprint density at radius 3 is 2.68 bits per heavy atom. The number of hydrogen-bond acceptors (Lipinski definition) is 6. The molecular weight excluding hydrogens is 474 g/mol. The van der Waals surface area contributed by atoms with Crippen LogP contribution in [0.4, 0.5) is 11.4 Å². The first-order chi connectivity index (χ1) is 16.4. The first kappa shape index (κ1) is 23.8. The molecule has 0 fully saturated rings. The minimum Gasteiger partial charge on any atom is -0.496 e. The molecule has 0 saturated heterocycles. The fourth-order valence-corrected chi connectivity index (χ4v) is 6.51. The quantitative estimate of drug-likeness (QED) is 0.486. The number of carbonyl (C=O) groups is 2. The number of fused-ring (bicyclic) bond motifs is 1. The van der Waals surface area contributed by atoms with Gasteiger partial charge in [0.25, 0.3) is 10.0 Å². The molecule has 1 aromatic heterocycles. The SMILES string of the molecule is COc1ccccc1CCNC(=O)C(=O)Nc1ccc2c(c1)N(S(=O)(=O)c1cccs1)CCC2. The zero-order valence-corrected chi connectivity index (χ0v) is 20.2. The maximum absolute atomic E-state index is 13.1. The lowest BCUT2D eigenvalue weighted by atomic mass is 10.0. The van der Waals surface area contributed by atoms with Gasteiger partial charge in [-0.25, -0.2) is 8.42 Å². The molecule has 0 spiro atoms. The first-order valence-corrected chi connectivity index (χ1v) is 13.1. The predicted molar refractivity (Wildman–Crippen MR) is 132 cm³/mol. The third-order valence-corrected chi connectivity index (χ3v) is 8.72. The van der Waals surface area contributed by atoms with Crippen LogP contribution in [-0.4, -0.2) is 40.4 Å². The van der Waals surface area contributed by atoms with Gasteiger partial charge in [0, 0.05) is 18.8 Å². The van der Waals surface area contributed by atoms with Gasteiger partial charge in [0.05, 0.1) is 12.8 Å². The molecule has 1 aliphatic heterocycles. The van der Waals surface area contributed by atoms with Gasteiger partial charge in [-0.2, -0.15) is 0 Å². The van der Waals surface area contributed by atoms with Crippen molar-refractivity contribution in [2.75, 3.05) is 29.8 Å². The number of nitrogens with zero attached hydrogens (tertiary/aromatic N) is 1. The van der Waals surface area contributed by atoms with E-state index in [1.165, 1.54) is 4.31 Å². The van der Waals surface area contributed by atoms with Crippen LogP contribution in [0.5, 0.6) is 5.75 Å². The van der Waals surface area contributed by atoms with Crippen LogP contribution in [0.2, 0.25) is 0 Å². The standard InChI is InChI=1S/C24H25N3O5S2/c1-32-21-8-3-2-6-18(21)12-13-25-23(28)24(29)26-19-11-10-17-7-4-14-27(20(17)16-19)34(30,31)22-9-5-15-33-22/h2-3,5-6,8-11,15-16H,4,7,12-14H2,1H3,(H,25,28)(H,26,29). The number of para-hydroxylation sites is 1. The maximum Gasteiger partial charge on any atom is 0.313 e. The van der Waals surface area contributed by atoms with Crippen molar-refractivity contribution in [3.05, 3.63) is 71.1 Å².